The van der Waals surface area contributed by atoms with E-state index in [4.69, 9.17) is 11.6 Å². The maximum atomic E-state index is 12.2. The fourth-order valence-corrected chi connectivity index (χ4v) is 0.582. The van der Waals surface area contributed by atoms with Crippen molar-refractivity contribution in [1.82, 2.24) is 4.98 Å². The molecule has 0 amide bonds. The second kappa shape index (κ2) is 3.34. The highest BCUT2D eigenvalue weighted by Gasteiger charge is 1.95. The van der Waals surface area contributed by atoms with Crippen LogP contribution in [0.4, 0.5) is 4.39 Å². The topological polar surface area (TPSA) is 64.4 Å². The van der Waals surface area contributed by atoms with E-state index in [0.717, 1.165) is 6.07 Å². The fourth-order valence-electron chi connectivity index (χ4n) is 0.432. The molecule has 56 valence electrons. The summed E-state index contributed by atoms with van der Waals surface area (Å²) in [5.74, 6) is -0.859. The SMILES string of the molecule is O.O=c1[nH]cc(Cl)cc1F. The van der Waals surface area contributed by atoms with Crippen LogP contribution >= 0.6 is 11.6 Å². The van der Waals surface area contributed by atoms with E-state index in [-0.39, 0.29) is 10.5 Å². The first-order chi connectivity index (χ1) is 4.20. The maximum Gasteiger partial charge on any atom is 0.284 e. The molecule has 0 saturated carbocycles. The highest BCUT2D eigenvalue weighted by atomic mass is 35.5. The Morgan fingerprint density at radius 1 is 1.60 bits per heavy atom. The van der Waals surface area contributed by atoms with Gasteiger partial charge in [0.15, 0.2) is 5.82 Å². The molecule has 0 aliphatic carbocycles. The lowest BCUT2D eigenvalue weighted by Crippen LogP contribution is -2.08. The first-order valence-electron chi connectivity index (χ1n) is 2.24. The Hall–Kier alpha value is -0.870. The van der Waals surface area contributed by atoms with Gasteiger partial charge in [-0.3, -0.25) is 4.79 Å². The normalized spacial score (nSPS) is 8.60. The van der Waals surface area contributed by atoms with Crippen LogP contribution in [0.5, 0.6) is 0 Å². The van der Waals surface area contributed by atoms with E-state index >= 15 is 0 Å². The molecular formula is C5H5ClFNO2. The molecule has 0 saturated heterocycles. The Morgan fingerprint density at radius 2 is 2.20 bits per heavy atom. The lowest BCUT2D eigenvalue weighted by atomic mass is 10.5. The van der Waals surface area contributed by atoms with Gasteiger partial charge in [-0.25, -0.2) is 4.39 Å². The Bertz CT molecular complexity index is 273. The number of pyridine rings is 1. The van der Waals surface area contributed by atoms with E-state index in [1.54, 1.807) is 0 Å². The second-order valence-corrected chi connectivity index (χ2v) is 1.93. The molecule has 0 bridgehead atoms. The number of nitrogens with one attached hydrogen (secondary N) is 1. The number of halogens is 2. The van der Waals surface area contributed by atoms with Gasteiger partial charge in [-0.2, -0.15) is 0 Å². The Kier molecular flexibility index (Phi) is 3.05. The molecule has 0 unspecified atom stereocenters. The van der Waals surface area contributed by atoms with E-state index in [0.29, 0.717) is 0 Å². The average Bonchev–Trinajstić information content (AvgIpc) is 1.80. The van der Waals surface area contributed by atoms with E-state index in [1.807, 2.05) is 0 Å². The standard InChI is InChI=1S/C5H3ClFNO.H2O/c6-3-1-4(7)5(9)8-2-3;/h1-2H,(H,8,9);1H2. The number of rotatable bonds is 0. The van der Waals surface area contributed by atoms with Crippen molar-refractivity contribution in [2.24, 2.45) is 0 Å². The van der Waals surface area contributed by atoms with Crippen molar-refractivity contribution in [2.45, 2.75) is 0 Å². The van der Waals surface area contributed by atoms with Gasteiger partial charge >= 0.3 is 0 Å². The van der Waals surface area contributed by atoms with Crippen molar-refractivity contribution in [2.75, 3.05) is 0 Å². The third-order valence-corrected chi connectivity index (χ3v) is 1.04. The minimum atomic E-state index is -0.859. The van der Waals surface area contributed by atoms with Gasteiger partial charge in [0.1, 0.15) is 0 Å². The summed E-state index contributed by atoms with van der Waals surface area (Å²) in [5.41, 5.74) is -0.751. The Labute approximate surface area is 60.8 Å². The zero-order valence-corrected chi connectivity index (χ0v) is 5.57. The average molecular weight is 166 g/mol. The number of aromatic nitrogens is 1. The van der Waals surface area contributed by atoms with E-state index in [1.165, 1.54) is 6.20 Å². The lowest BCUT2D eigenvalue weighted by Gasteiger charge is -1.86. The third kappa shape index (κ3) is 1.82. The van der Waals surface area contributed by atoms with Gasteiger partial charge in [0.2, 0.25) is 0 Å². The minimum absolute atomic E-state index is 0. The molecule has 3 N–H and O–H groups in total. The van der Waals surface area contributed by atoms with Gasteiger partial charge in [0, 0.05) is 6.20 Å². The molecule has 0 fully saturated rings. The molecular weight excluding hydrogens is 161 g/mol. The predicted molar refractivity (Wildman–Crippen MR) is 35.6 cm³/mol. The van der Waals surface area contributed by atoms with Crippen LogP contribution in [0.15, 0.2) is 17.1 Å². The van der Waals surface area contributed by atoms with Gasteiger partial charge in [-0.05, 0) is 6.07 Å². The van der Waals surface area contributed by atoms with Gasteiger partial charge in [-0.1, -0.05) is 11.6 Å². The summed E-state index contributed by atoms with van der Waals surface area (Å²) >= 11 is 5.31. The van der Waals surface area contributed by atoms with E-state index in [9.17, 15) is 9.18 Å². The predicted octanol–water partition coefficient (Wildman–Crippen LogP) is 0.343. The lowest BCUT2D eigenvalue weighted by molar-refractivity contribution is 0.608. The number of hydrogen-bond acceptors (Lipinski definition) is 1. The van der Waals surface area contributed by atoms with Crippen LogP contribution in [-0.4, -0.2) is 10.5 Å². The molecule has 1 aromatic rings. The first kappa shape index (κ1) is 9.13. The van der Waals surface area contributed by atoms with Gasteiger partial charge in [0.25, 0.3) is 5.56 Å². The Balaban J connectivity index is 0.000000810. The fraction of sp³-hybridized carbons (Fsp3) is 0. The summed E-state index contributed by atoms with van der Waals surface area (Å²) in [7, 11) is 0. The molecule has 1 aromatic heterocycles. The highest BCUT2D eigenvalue weighted by Crippen LogP contribution is 2.02. The Morgan fingerprint density at radius 3 is 2.60 bits per heavy atom. The zero-order chi connectivity index (χ0) is 6.85. The van der Waals surface area contributed by atoms with Crippen molar-refractivity contribution in [3.05, 3.63) is 33.5 Å². The molecule has 0 aromatic carbocycles. The monoisotopic (exact) mass is 165 g/mol. The summed E-state index contributed by atoms with van der Waals surface area (Å²) in [6.07, 6.45) is 1.23. The van der Waals surface area contributed by atoms with Crippen LogP contribution in [0.3, 0.4) is 0 Å². The van der Waals surface area contributed by atoms with Crippen LogP contribution in [0.2, 0.25) is 5.02 Å². The quantitative estimate of drug-likeness (QED) is 0.592. The molecule has 1 heterocycles. The van der Waals surface area contributed by atoms with Gasteiger partial charge in [-0.15, -0.1) is 0 Å². The van der Waals surface area contributed by atoms with Crippen molar-refractivity contribution < 1.29 is 9.87 Å². The molecule has 5 heteroatoms. The smallest absolute Gasteiger partial charge is 0.284 e. The molecule has 0 radical (unpaired) electrons. The molecule has 0 spiro atoms. The van der Waals surface area contributed by atoms with Crippen LogP contribution in [0, 0.1) is 5.82 Å². The summed E-state index contributed by atoms with van der Waals surface area (Å²) in [4.78, 5) is 12.4. The summed E-state index contributed by atoms with van der Waals surface area (Å²) in [6, 6.07) is 0.959. The molecule has 0 aliphatic rings. The van der Waals surface area contributed by atoms with Gasteiger partial charge < -0.3 is 10.5 Å². The number of hydrogen-bond donors (Lipinski definition) is 1. The summed E-state index contributed by atoms with van der Waals surface area (Å²) in [6.45, 7) is 0. The first-order valence-corrected chi connectivity index (χ1v) is 2.61. The van der Waals surface area contributed by atoms with Crippen LogP contribution in [-0.2, 0) is 0 Å². The molecule has 10 heavy (non-hydrogen) atoms. The summed E-state index contributed by atoms with van der Waals surface area (Å²) < 4.78 is 12.2. The van der Waals surface area contributed by atoms with Gasteiger partial charge in [0.05, 0.1) is 5.02 Å². The van der Waals surface area contributed by atoms with Crippen molar-refractivity contribution in [3.8, 4) is 0 Å². The second-order valence-electron chi connectivity index (χ2n) is 1.49. The minimum Gasteiger partial charge on any atom is -0.412 e. The molecule has 0 atom stereocenters. The molecule has 0 aliphatic heterocycles. The van der Waals surface area contributed by atoms with E-state index < -0.39 is 11.4 Å². The van der Waals surface area contributed by atoms with Crippen molar-refractivity contribution in [1.29, 1.82) is 0 Å². The number of aromatic amines is 1. The van der Waals surface area contributed by atoms with Crippen LogP contribution in [0.1, 0.15) is 0 Å². The van der Waals surface area contributed by atoms with E-state index in [2.05, 4.69) is 4.98 Å². The largest absolute Gasteiger partial charge is 0.412 e. The highest BCUT2D eigenvalue weighted by molar-refractivity contribution is 6.30. The zero-order valence-electron chi connectivity index (χ0n) is 4.82. The van der Waals surface area contributed by atoms with Crippen LogP contribution in [0.25, 0.3) is 0 Å². The van der Waals surface area contributed by atoms with Crippen molar-refractivity contribution in [3.63, 3.8) is 0 Å². The molecule has 1 rings (SSSR count). The maximum absolute atomic E-state index is 12.2. The van der Waals surface area contributed by atoms with Crippen molar-refractivity contribution >= 4 is 11.6 Å². The number of H-pyrrole nitrogens is 1. The molecule has 3 nitrogen and oxygen atoms in total. The third-order valence-electron chi connectivity index (χ3n) is 0.823. The van der Waals surface area contributed by atoms with Crippen LogP contribution < -0.4 is 5.56 Å². The summed E-state index contributed by atoms with van der Waals surface area (Å²) in [5, 5.41) is 0.187.